The van der Waals surface area contributed by atoms with Crippen LogP contribution in [0.4, 0.5) is 0 Å². The summed E-state index contributed by atoms with van der Waals surface area (Å²) in [6.45, 7) is 9.84. The first-order valence-corrected chi connectivity index (χ1v) is 11.0. The molecule has 8 heteroatoms. The van der Waals surface area contributed by atoms with E-state index in [-0.39, 0.29) is 10.8 Å². The van der Waals surface area contributed by atoms with E-state index in [0.717, 1.165) is 11.3 Å². The Bertz CT molecular complexity index is 897. The quantitative estimate of drug-likeness (QED) is 0.654. The third kappa shape index (κ3) is 4.32. The Morgan fingerprint density at radius 1 is 1.07 bits per heavy atom. The van der Waals surface area contributed by atoms with Crippen LogP contribution < -0.4 is 0 Å². The van der Waals surface area contributed by atoms with Crippen molar-refractivity contribution in [3.05, 3.63) is 24.0 Å². The Morgan fingerprint density at radius 2 is 1.70 bits per heavy atom. The lowest BCUT2D eigenvalue weighted by Gasteiger charge is -2.18. The number of hydrogen-bond donors (Lipinski definition) is 0. The van der Waals surface area contributed by atoms with Gasteiger partial charge in [-0.1, -0.05) is 13.8 Å². The Labute approximate surface area is 162 Å². The third-order valence-corrected chi connectivity index (χ3v) is 7.01. The van der Waals surface area contributed by atoms with E-state index in [1.165, 1.54) is 4.31 Å². The second-order valence-electron chi connectivity index (χ2n) is 6.39. The van der Waals surface area contributed by atoms with Crippen LogP contribution in [0.5, 0.6) is 0 Å². The van der Waals surface area contributed by atoms with E-state index in [0.29, 0.717) is 44.5 Å². The van der Waals surface area contributed by atoms with E-state index >= 15 is 0 Å². The molecule has 0 N–H and O–H groups in total. The standard InChI is InChI=1S/C19H30N4O3S/c1-6-22(7-2)19(24)13-12-18-20-16-14-15(10-11-17(16)21(18)5)27(25,26)23(8-3)9-4/h10-11,14H,6-9,12-13H2,1-5H3. The number of carbonyl (C=O) groups excluding carboxylic acids is 1. The number of carbonyl (C=O) groups is 1. The van der Waals surface area contributed by atoms with Crippen LogP contribution in [-0.2, 0) is 28.3 Å². The highest BCUT2D eigenvalue weighted by Crippen LogP contribution is 2.22. The molecule has 0 saturated carbocycles. The molecule has 0 atom stereocenters. The molecule has 0 aliphatic heterocycles. The number of hydrogen-bond acceptors (Lipinski definition) is 4. The number of fused-ring (bicyclic) bond motifs is 1. The molecule has 0 spiro atoms. The second kappa shape index (κ2) is 8.84. The van der Waals surface area contributed by atoms with Crippen molar-refractivity contribution in [1.82, 2.24) is 18.8 Å². The molecule has 0 aliphatic rings. The first kappa shape index (κ1) is 21.4. The molecule has 1 amide bonds. The van der Waals surface area contributed by atoms with Crippen molar-refractivity contribution >= 4 is 27.0 Å². The lowest BCUT2D eigenvalue weighted by atomic mass is 10.2. The average molecular weight is 395 g/mol. The van der Waals surface area contributed by atoms with Gasteiger partial charge in [0.05, 0.1) is 15.9 Å². The summed E-state index contributed by atoms with van der Waals surface area (Å²) in [5.41, 5.74) is 1.50. The number of benzene rings is 1. The summed E-state index contributed by atoms with van der Waals surface area (Å²) in [6, 6.07) is 5.04. The summed E-state index contributed by atoms with van der Waals surface area (Å²) in [6.07, 6.45) is 0.919. The van der Waals surface area contributed by atoms with Crippen molar-refractivity contribution in [3.63, 3.8) is 0 Å². The van der Waals surface area contributed by atoms with Gasteiger partial charge in [0.15, 0.2) is 0 Å². The second-order valence-corrected chi connectivity index (χ2v) is 8.33. The molecule has 2 rings (SSSR count). The minimum Gasteiger partial charge on any atom is -0.343 e. The van der Waals surface area contributed by atoms with Crippen LogP contribution in [-0.4, -0.2) is 59.3 Å². The maximum atomic E-state index is 12.7. The first-order valence-electron chi connectivity index (χ1n) is 9.53. The van der Waals surface area contributed by atoms with Crippen LogP contribution in [0.15, 0.2) is 23.1 Å². The Balaban J connectivity index is 2.30. The number of rotatable bonds is 9. The summed E-state index contributed by atoms with van der Waals surface area (Å²) in [5.74, 6) is 0.889. The van der Waals surface area contributed by atoms with Crippen LogP contribution in [0.2, 0.25) is 0 Å². The molecule has 1 aromatic heterocycles. The van der Waals surface area contributed by atoms with E-state index in [2.05, 4.69) is 4.98 Å². The number of amides is 1. The summed E-state index contributed by atoms with van der Waals surface area (Å²) in [7, 11) is -1.62. The van der Waals surface area contributed by atoms with Crippen molar-refractivity contribution in [3.8, 4) is 0 Å². The van der Waals surface area contributed by atoms with Gasteiger partial charge in [0.25, 0.3) is 0 Å². The van der Waals surface area contributed by atoms with Gasteiger partial charge < -0.3 is 9.47 Å². The highest BCUT2D eigenvalue weighted by atomic mass is 32.2. The number of nitrogens with zero attached hydrogens (tertiary/aromatic N) is 4. The number of sulfonamides is 1. The van der Waals surface area contributed by atoms with Crippen LogP contribution >= 0.6 is 0 Å². The predicted molar refractivity (Wildman–Crippen MR) is 107 cm³/mol. The Morgan fingerprint density at radius 3 is 2.26 bits per heavy atom. The van der Waals surface area contributed by atoms with E-state index in [1.54, 1.807) is 23.1 Å². The largest absolute Gasteiger partial charge is 0.343 e. The highest BCUT2D eigenvalue weighted by Gasteiger charge is 2.23. The maximum Gasteiger partial charge on any atom is 0.243 e. The molecule has 0 fully saturated rings. The highest BCUT2D eigenvalue weighted by molar-refractivity contribution is 7.89. The topological polar surface area (TPSA) is 75.5 Å². The summed E-state index contributed by atoms with van der Waals surface area (Å²) in [4.78, 5) is 18.9. The molecule has 150 valence electrons. The zero-order valence-corrected chi connectivity index (χ0v) is 17.7. The van der Waals surface area contributed by atoms with Gasteiger partial charge in [-0.25, -0.2) is 13.4 Å². The van der Waals surface area contributed by atoms with Gasteiger partial charge in [-0.05, 0) is 32.0 Å². The zero-order valence-electron chi connectivity index (χ0n) is 16.9. The van der Waals surface area contributed by atoms with Crippen molar-refractivity contribution in [2.24, 2.45) is 7.05 Å². The molecule has 0 saturated heterocycles. The van der Waals surface area contributed by atoms with Gasteiger partial charge in [-0.15, -0.1) is 0 Å². The monoisotopic (exact) mass is 394 g/mol. The molecule has 1 aromatic carbocycles. The summed E-state index contributed by atoms with van der Waals surface area (Å²) < 4.78 is 28.8. The Hall–Kier alpha value is -1.93. The van der Waals surface area contributed by atoms with Gasteiger partial charge in [-0.3, -0.25) is 4.79 Å². The molecule has 0 aliphatic carbocycles. The van der Waals surface area contributed by atoms with Crippen LogP contribution in [0.1, 0.15) is 39.9 Å². The molecule has 7 nitrogen and oxygen atoms in total. The number of aryl methyl sites for hydroxylation is 2. The van der Waals surface area contributed by atoms with Crippen molar-refractivity contribution in [2.45, 2.75) is 45.4 Å². The lowest BCUT2D eigenvalue weighted by molar-refractivity contribution is -0.130. The van der Waals surface area contributed by atoms with Crippen molar-refractivity contribution < 1.29 is 13.2 Å². The molecule has 0 bridgehead atoms. The number of imidazole rings is 1. The normalized spacial score (nSPS) is 12.1. The Kier molecular flexibility index (Phi) is 7.00. The fourth-order valence-corrected chi connectivity index (χ4v) is 4.76. The predicted octanol–water partition coefficient (Wildman–Crippen LogP) is 2.40. The zero-order chi connectivity index (χ0) is 20.2. The van der Waals surface area contributed by atoms with Gasteiger partial charge in [0, 0.05) is 46.1 Å². The molecule has 1 heterocycles. The fourth-order valence-electron chi connectivity index (χ4n) is 3.28. The van der Waals surface area contributed by atoms with E-state index in [4.69, 9.17) is 0 Å². The summed E-state index contributed by atoms with van der Waals surface area (Å²) >= 11 is 0. The van der Waals surface area contributed by atoms with Crippen molar-refractivity contribution in [1.29, 1.82) is 0 Å². The van der Waals surface area contributed by atoms with E-state index in [9.17, 15) is 13.2 Å². The summed E-state index contributed by atoms with van der Waals surface area (Å²) in [5, 5.41) is 0. The molecule has 27 heavy (non-hydrogen) atoms. The lowest BCUT2D eigenvalue weighted by Crippen LogP contribution is -2.30. The van der Waals surface area contributed by atoms with Crippen LogP contribution in [0.3, 0.4) is 0 Å². The van der Waals surface area contributed by atoms with Gasteiger partial charge >= 0.3 is 0 Å². The third-order valence-electron chi connectivity index (χ3n) is 4.97. The maximum absolute atomic E-state index is 12.7. The first-order chi connectivity index (χ1) is 12.8. The minimum atomic E-state index is -3.52. The molecule has 2 aromatic rings. The molecule has 0 unspecified atom stereocenters. The SMILES string of the molecule is CCN(CC)C(=O)CCc1nc2cc(S(=O)(=O)N(CC)CC)ccc2n1C. The average Bonchev–Trinajstić information content (AvgIpc) is 2.97. The van der Waals surface area contributed by atoms with Crippen LogP contribution in [0.25, 0.3) is 11.0 Å². The smallest absolute Gasteiger partial charge is 0.243 e. The van der Waals surface area contributed by atoms with Gasteiger partial charge in [-0.2, -0.15) is 4.31 Å². The molecule has 0 radical (unpaired) electrons. The number of aromatic nitrogens is 2. The van der Waals surface area contributed by atoms with E-state index < -0.39 is 10.0 Å². The van der Waals surface area contributed by atoms with Crippen molar-refractivity contribution in [2.75, 3.05) is 26.2 Å². The van der Waals surface area contributed by atoms with E-state index in [1.807, 2.05) is 39.3 Å². The van der Waals surface area contributed by atoms with Crippen LogP contribution in [0, 0.1) is 0 Å². The minimum absolute atomic E-state index is 0.108. The molecular weight excluding hydrogens is 364 g/mol. The fraction of sp³-hybridized carbons (Fsp3) is 0.579. The van der Waals surface area contributed by atoms with Gasteiger partial charge in [0.2, 0.25) is 15.9 Å². The van der Waals surface area contributed by atoms with Gasteiger partial charge in [0.1, 0.15) is 5.82 Å². The molecular formula is C19H30N4O3S.